The lowest BCUT2D eigenvalue weighted by Crippen LogP contribution is -2.34. The highest BCUT2D eigenvalue weighted by atomic mass is 16.2. The van der Waals surface area contributed by atoms with Crippen LogP contribution in [0.3, 0.4) is 0 Å². The second-order valence-electron chi connectivity index (χ2n) is 9.65. The normalized spacial score (nSPS) is 16.8. The number of amidine groups is 1. The molecule has 0 bridgehead atoms. The molecule has 3 N–H and O–H groups in total. The number of nitrogens with two attached hydrogens (primary N) is 1. The molecule has 184 valence electrons. The van der Waals surface area contributed by atoms with Gasteiger partial charge in [-0.2, -0.15) is 0 Å². The van der Waals surface area contributed by atoms with Crippen LogP contribution in [0.1, 0.15) is 73.6 Å². The highest BCUT2D eigenvalue weighted by Gasteiger charge is 2.22. The van der Waals surface area contributed by atoms with E-state index in [0.29, 0.717) is 53.8 Å². The van der Waals surface area contributed by atoms with Gasteiger partial charge in [0.25, 0.3) is 5.91 Å². The molecule has 4 rings (SSSR count). The van der Waals surface area contributed by atoms with E-state index < -0.39 is 0 Å². The smallest absolute Gasteiger partial charge is 0.255 e. The fourth-order valence-electron chi connectivity index (χ4n) is 4.77. The average molecular weight is 474 g/mol. The molecule has 2 aromatic rings. The lowest BCUT2D eigenvalue weighted by atomic mass is 9.88. The van der Waals surface area contributed by atoms with E-state index in [2.05, 4.69) is 36.1 Å². The van der Waals surface area contributed by atoms with E-state index in [-0.39, 0.29) is 11.8 Å². The van der Waals surface area contributed by atoms with E-state index in [1.54, 1.807) is 18.3 Å². The molecule has 1 aliphatic heterocycles. The predicted octanol–water partition coefficient (Wildman–Crippen LogP) is 4.88. The van der Waals surface area contributed by atoms with Crippen molar-refractivity contribution in [2.24, 2.45) is 16.6 Å². The summed E-state index contributed by atoms with van der Waals surface area (Å²) in [7, 11) is 0. The van der Waals surface area contributed by atoms with Crippen molar-refractivity contribution in [3.8, 4) is 0 Å². The van der Waals surface area contributed by atoms with Crippen LogP contribution in [0.2, 0.25) is 0 Å². The maximum absolute atomic E-state index is 13.2. The van der Waals surface area contributed by atoms with Crippen LogP contribution < -0.4 is 11.1 Å². The number of rotatable bonds is 7. The molecule has 2 aliphatic rings. The zero-order valence-corrected chi connectivity index (χ0v) is 20.9. The molecule has 2 amide bonds. The number of nitrogens with one attached hydrogen (secondary N) is 1. The van der Waals surface area contributed by atoms with Crippen LogP contribution in [0.25, 0.3) is 6.08 Å². The van der Waals surface area contributed by atoms with E-state index >= 15 is 0 Å². The molecule has 0 fully saturated rings. The van der Waals surface area contributed by atoms with Gasteiger partial charge in [-0.25, -0.2) is 4.99 Å². The Kier molecular flexibility index (Phi) is 7.63. The van der Waals surface area contributed by atoms with E-state index in [1.807, 2.05) is 23.1 Å². The van der Waals surface area contributed by atoms with Gasteiger partial charge in [0.1, 0.15) is 5.84 Å². The fraction of sp³-hybridized carbons (Fsp3) is 0.429. The molecule has 1 atom stereocenters. The average Bonchev–Trinajstić information content (AvgIpc) is 3.00. The lowest BCUT2D eigenvalue weighted by Gasteiger charge is -2.22. The number of carbonyl (C=O) groups is 2. The van der Waals surface area contributed by atoms with Crippen molar-refractivity contribution in [3.05, 3.63) is 58.4 Å². The predicted molar refractivity (Wildman–Crippen MR) is 141 cm³/mol. The molecule has 0 radical (unpaired) electrons. The summed E-state index contributed by atoms with van der Waals surface area (Å²) in [6.45, 7) is 7.80. The van der Waals surface area contributed by atoms with Gasteiger partial charge in [0, 0.05) is 41.9 Å². The minimum atomic E-state index is -0.228. The number of hydrogen-bond acceptors (Lipinski definition) is 5. The third kappa shape index (κ3) is 5.78. The van der Waals surface area contributed by atoms with Crippen LogP contribution in [-0.4, -0.2) is 40.6 Å². The second-order valence-corrected chi connectivity index (χ2v) is 9.65. The quantitative estimate of drug-likeness (QED) is 0.598. The van der Waals surface area contributed by atoms with Crippen LogP contribution in [0.15, 0.2) is 41.0 Å². The summed E-state index contributed by atoms with van der Waals surface area (Å²) >= 11 is 0. The lowest BCUT2D eigenvalue weighted by molar-refractivity contribution is -0.127. The molecule has 0 saturated carbocycles. The van der Waals surface area contributed by atoms with Crippen LogP contribution in [0, 0.1) is 5.92 Å². The Morgan fingerprint density at radius 2 is 1.94 bits per heavy atom. The molecule has 0 saturated heterocycles. The molecule has 7 nitrogen and oxygen atoms in total. The van der Waals surface area contributed by atoms with E-state index in [0.717, 1.165) is 43.4 Å². The number of amides is 2. The first-order valence-corrected chi connectivity index (χ1v) is 12.6. The number of fused-ring (bicyclic) bond motifs is 2. The summed E-state index contributed by atoms with van der Waals surface area (Å²) < 4.78 is 0. The van der Waals surface area contributed by atoms with Crippen molar-refractivity contribution in [2.75, 3.05) is 18.4 Å². The Balaban J connectivity index is 1.55. The fourth-order valence-corrected chi connectivity index (χ4v) is 4.77. The number of carbonyl (C=O) groups excluding carboxylic acids is 2. The summed E-state index contributed by atoms with van der Waals surface area (Å²) in [6.07, 6.45) is 8.79. The van der Waals surface area contributed by atoms with E-state index in [1.165, 1.54) is 5.56 Å². The first kappa shape index (κ1) is 24.6. The molecule has 1 aromatic carbocycles. The van der Waals surface area contributed by atoms with Gasteiger partial charge in [-0.3, -0.25) is 14.6 Å². The number of benzene rings is 1. The third-order valence-corrected chi connectivity index (χ3v) is 6.57. The molecule has 0 spiro atoms. The van der Waals surface area contributed by atoms with Crippen molar-refractivity contribution in [2.45, 2.75) is 59.3 Å². The third-order valence-electron chi connectivity index (χ3n) is 6.57. The number of aryl methyl sites for hydroxylation is 1. The van der Waals surface area contributed by atoms with Gasteiger partial charge >= 0.3 is 0 Å². The van der Waals surface area contributed by atoms with E-state index in [9.17, 15) is 9.59 Å². The van der Waals surface area contributed by atoms with Crippen molar-refractivity contribution < 1.29 is 9.59 Å². The highest BCUT2D eigenvalue weighted by Crippen LogP contribution is 2.29. The van der Waals surface area contributed by atoms with Crippen LogP contribution in [-0.2, 0) is 17.6 Å². The zero-order chi connectivity index (χ0) is 24.9. The summed E-state index contributed by atoms with van der Waals surface area (Å²) in [5, 5.41) is 2.97. The molecular weight excluding hydrogens is 438 g/mol. The van der Waals surface area contributed by atoms with Crippen LogP contribution in [0.5, 0.6) is 0 Å². The molecule has 1 unspecified atom stereocenters. The molecule has 35 heavy (non-hydrogen) atoms. The maximum atomic E-state index is 13.2. The van der Waals surface area contributed by atoms with Crippen molar-refractivity contribution in [1.29, 1.82) is 0 Å². The van der Waals surface area contributed by atoms with Gasteiger partial charge in [0.15, 0.2) is 0 Å². The monoisotopic (exact) mass is 473 g/mol. The Hall–Kier alpha value is -3.48. The number of hydrogen-bond donors (Lipinski definition) is 2. The SMILES string of the molecule is CCCN(CCC)C(=O)C1=Cc2ccc(C(=O)Nc3cnc4c(c3)CCC(C)C4)cc2N=C(N)C1. The minimum absolute atomic E-state index is 0.00387. The minimum Gasteiger partial charge on any atom is -0.387 e. The highest BCUT2D eigenvalue weighted by molar-refractivity contribution is 6.07. The van der Waals surface area contributed by atoms with Crippen LogP contribution >= 0.6 is 0 Å². The first-order chi connectivity index (χ1) is 16.9. The molecule has 1 aliphatic carbocycles. The van der Waals surface area contributed by atoms with Crippen molar-refractivity contribution in [3.63, 3.8) is 0 Å². The Morgan fingerprint density at radius 1 is 1.17 bits per heavy atom. The van der Waals surface area contributed by atoms with Gasteiger partial charge in [-0.15, -0.1) is 0 Å². The maximum Gasteiger partial charge on any atom is 0.255 e. The molecule has 7 heteroatoms. The molecular formula is C28H35N5O2. The summed E-state index contributed by atoms with van der Waals surface area (Å²) in [4.78, 5) is 37.1. The number of anilines is 1. The van der Waals surface area contributed by atoms with Gasteiger partial charge in [-0.05, 0) is 67.9 Å². The Bertz CT molecular complexity index is 1180. The number of aliphatic imine (C=N–C) groups is 1. The van der Waals surface area contributed by atoms with Crippen molar-refractivity contribution >= 4 is 35.1 Å². The summed E-state index contributed by atoms with van der Waals surface area (Å²) in [5.41, 5.74) is 11.7. The van der Waals surface area contributed by atoms with E-state index in [4.69, 9.17) is 5.73 Å². The standard InChI is InChI=1S/C28H35N5O2/c1-4-10-33(11-5-2)28(35)22-13-19-8-9-21(15-25(19)32-26(29)16-22)27(34)31-23-14-20-7-6-18(3)12-24(20)30-17-23/h8-9,13-15,17-18H,4-7,10-12,16H2,1-3H3,(H2,29,32)(H,31,34). The Morgan fingerprint density at radius 3 is 2.69 bits per heavy atom. The second kappa shape index (κ2) is 10.8. The van der Waals surface area contributed by atoms with Gasteiger partial charge in [0.2, 0.25) is 5.91 Å². The topological polar surface area (TPSA) is 101 Å². The summed E-state index contributed by atoms with van der Waals surface area (Å²) in [5.74, 6) is 0.779. The Labute approximate surface area is 207 Å². The van der Waals surface area contributed by atoms with Gasteiger partial charge in [-0.1, -0.05) is 26.8 Å². The number of nitrogens with zero attached hydrogens (tertiary/aromatic N) is 3. The molecule has 1 aromatic heterocycles. The van der Waals surface area contributed by atoms with Gasteiger partial charge in [0.05, 0.1) is 17.6 Å². The number of pyridine rings is 1. The molecule has 2 heterocycles. The largest absolute Gasteiger partial charge is 0.387 e. The van der Waals surface area contributed by atoms with Gasteiger partial charge < -0.3 is 16.0 Å². The first-order valence-electron chi connectivity index (χ1n) is 12.6. The van der Waals surface area contributed by atoms with Crippen LogP contribution in [0.4, 0.5) is 11.4 Å². The zero-order valence-electron chi connectivity index (χ0n) is 20.9. The number of aromatic nitrogens is 1. The summed E-state index contributed by atoms with van der Waals surface area (Å²) in [6, 6.07) is 7.35. The van der Waals surface area contributed by atoms with Crippen molar-refractivity contribution in [1.82, 2.24) is 9.88 Å².